The Morgan fingerprint density at radius 2 is 0.931 bits per heavy atom. The monoisotopic (exact) mass is 407 g/mol. The fourth-order valence-electron chi connectivity index (χ4n) is 3.36. The maximum atomic E-state index is 6.05. The Morgan fingerprint density at radius 1 is 0.552 bits per heavy atom. The summed E-state index contributed by atoms with van der Waals surface area (Å²) in [7, 11) is -2.91. The van der Waals surface area contributed by atoms with E-state index in [1.54, 1.807) is 0 Å². The minimum atomic E-state index is -2.91. The lowest BCUT2D eigenvalue weighted by molar-refractivity contribution is 0.0859. The van der Waals surface area contributed by atoms with Gasteiger partial charge in [0, 0.05) is 42.1 Å². The number of benzene rings is 3. The third kappa shape index (κ3) is 4.94. The minimum Gasteiger partial charge on any atom is -0.370 e. The molecule has 0 aliphatic rings. The summed E-state index contributed by atoms with van der Waals surface area (Å²) < 4.78 is 18.1. The largest absolute Gasteiger partial charge is 0.537 e. The van der Waals surface area contributed by atoms with Crippen LogP contribution in [0.5, 0.6) is 0 Å². The number of rotatable bonds is 10. The van der Waals surface area contributed by atoms with Gasteiger partial charge >= 0.3 is 8.80 Å². The van der Waals surface area contributed by atoms with Gasteiger partial charge in [-0.15, -0.1) is 0 Å². The lowest BCUT2D eigenvalue weighted by atomic mass is 10.2. The Hall–Kier alpha value is -2.44. The van der Waals surface area contributed by atoms with Gasteiger partial charge in [0.05, 0.1) is 0 Å². The molecule has 0 radical (unpaired) electrons. The van der Waals surface area contributed by atoms with E-state index in [1.807, 2.05) is 32.9 Å². The van der Waals surface area contributed by atoms with E-state index in [2.05, 4.69) is 77.7 Å². The van der Waals surface area contributed by atoms with Gasteiger partial charge in [-0.25, -0.2) is 0 Å². The first kappa shape index (κ1) is 21.3. The second-order valence-corrected chi connectivity index (χ2v) is 8.96. The van der Waals surface area contributed by atoms with Crippen molar-refractivity contribution in [2.75, 3.05) is 24.7 Å². The Labute approximate surface area is 175 Å². The molecule has 0 unspecified atom stereocenters. The van der Waals surface area contributed by atoms with Crippen LogP contribution in [0.2, 0.25) is 0 Å². The van der Waals surface area contributed by atoms with Gasteiger partial charge < -0.3 is 18.2 Å². The van der Waals surface area contributed by atoms with Gasteiger partial charge in [0.15, 0.2) is 0 Å². The topological polar surface area (TPSA) is 30.9 Å². The van der Waals surface area contributed by atoms with Crippen LogP contribution in [0, 0.1) is 0 Å². The average Bonchev–Trinajstić information content (AvgIpc) is 2.76. The van der Waals surface area contributed by atoms with Crippen LogP contribution in [-0.2, 0) is 13.3 Å². The van der Waals surface area contributed by atoms with E-state index in [-0.39, 0.29) is 0 Å². The molecule has 152 valence electrons. The standard InChI is InChI=1S/C24H29NO3Si/c1-4-26-29(27-5-2,28-6-3)24-19-17-23(18-20-24)25(21-13-9-7-10-14-21)22-15-11-8-12-16-22/h7-20H,4-6H2,1-3H3. The first-order valence-corrected chi connectivity index (χ1v) is 11.9. The zero-order chi connectivity index (χ0) is 20.5. The summed E-state index contributed by atoms with van der Waals surface area (Å²) in [4.78, 5) is 2.23. The molecule has 0 fully saturated rings. The molecule has 5 heteroatoms. The van der Waals surface area contributed by atoms with E-state index in [9.17, 15) is 0 Å². The molecule has 3 aromatic rings. The second-order valence-electron chi connectivity index (χ2n) is 6.41. The Morgan fingerprint density at radius 3 is 1.31 bits per heavy atom. The predicted octanol–water partition coefficient (Wildman–Crippen LogP) is 5.41. The van der Waals surface area contributed by atoms with Gasteiger partial charge in [-0.3, -0.25) is 0 Å². The van der Waals surface area contributed by atoms with Crippen molar-refractivity contribution in [3.05, 3.63) is 84.9 Å². The molecule has 0 bridgehead atoms. The normalized spacial score (nSPS) is 11.4. The van der Waals surface area contributed by atoms with Gasteiger partial charge in [0.25, 0.3) is 0 Å². The van der Waals surface area contributed by atoms with Crippen molar-refractivity contribution < 1.29 is 13.3 Å². The van der Waals surface area contributed by atoms with Crippen LogP contribution >= 0.6 is 0 Å². The van der Waals surface area contributed by atoms with Crippen LogP contribution in [0.15, 0.2) is 84.9 Å². The first-order valence-electron chi connectivity index (χ1n) is 10.2. The molecule has 0 aliphatic heterocycles. The molecule has 0 aromatic heterocycles. The number of hydrogen-bond donors (Lipinski definition) is 0. The molecule has 3 rings (SSSR count). The third-order valence-electron chi connectivity index (χ3n) is 4.51. The summed E-state index contributed by atoms with van der Waals surface area (Å²) in [6.07, 6.45) is 0. The van der Waals surface area contributed by atoms with Gasteiger partial charge in [0.1, 0.15) is 0 Å². The van der Waals surface area contributed by atoms with Crippen LogP contribution in [-0.4, -0.2) is 28.6 Å². The zero-order valence-corrected chi connectivity index (χ0v) is 18.4. The van der Waals surface area contributed by atoms with Crippen LogP contribution in [0.3, 0.4) is 0 Å². The third-order valence-corrected chi connectivity index (χ3v) is 7.56. The summed E-state index contributed by atoms with van der Waals surface area (Å²) in [5.41, 5.74) is 3.28. The van der Waals surface area contributed by atoms with Crippen molar-refractivity contribution in [2.45, 2.75) is 20.8 Å². The SMILES string of the molecule is CCO[Si](OCC)(OCC)c1ccc(N(c2ccccc2)c2ccccc2)cc1. The lowest BCUT2D eigenvalue weighted by Crippen LogP contribution is -2.56. The highest BCUT2D eigenvalue weighted by molar-refractivity contribution is 6.75. The van der Waals surface area contributed by atoms with Crippen molar-refractivity contribution in [2.24, 2.45) is 0 Å². The average molecular weight is 408 g/mol. The molecule has 0 atom stereocenters. The smallest absolute Gasteiger partial charge is 0.370 e. The molecule has 0 spiro atoms. The molecule has 0 N–H and O–H groups in total. The minimum absolute atomic E-state index is 0.550. The van der Waals surface area contributed by atoms with Crippen molar-refractivity contribution in [3.8, 4) is 0 Å². The van der Waals surface area contributed by atoms with Gasteiger partial charge in [0.2, 0.25) is 0 Å². The Kier molecular flexibility index (Phi) is 7.60. The van der Waals surface area contributed by atoms with E-state index < -0.39 is 8.80 Å². The number of para-hydroxylation sites is 2. The van der Waals surface area contributed by atoms with Crippen LogP contribution in [0.1, 0.15) is 20.8 Å². The fraction of sp³-hybridized carbons (Fsp3) is 0.250. The van der Waals surface area contributed by atoms with E-state index in [0.29, 0.717) is 19.8 Å². The van der Waals surface area contributed by atoms with Crippen LogP contribution in [0.4, 0.5) is 17.1 Å². The van der Waals surface area contributed by atoms with Gasteiger partial charge in [-0.2, -0.15) is 0 Å². The molecule has 0 saturated heterocycles. The highest BCUT2D eigenvalue weighted by Crippen LogP contribution is 2.33. The van der Waals surface area contributed by atoms with Crippen LogP contribution in [0.25, 0.3) is 0 Å². The molecule has 4 nitrogen and oxygen atoms in total. The zero-order valence-electron chi connectivity index (χ0n) is 17.4. The van der Waals surface area contributed by atoms with Gasteiger partial charge in [-0.1, -0.05) is 48.5 Å². The molecule has 0 heterocycles. The Balaban J connectivity index is 2.01. The highest BCUT2D eigenvalue weighted by atomic mass is 28.4. The predicted molar refractivity (Wildman–Crippen MR) is 121 cm³/mol. The lowest BCUT2D eigenvalue weighted by Gasteiger charge is -2.30. The van der Waals surface area contributed by atoms with E-state index in [1.165, 1.54) is 0 Å². The Bertz CT molecular complexity index is 800. The van der Waals surface area contributed by atoms with Crippen molar-refractivity contribution in [1.29, 1.82) is 0 Å². The molecule has 0 amide bonds. The van der Waals surface area contributed by atoms with E-state index in [4.69, 9.17) is 13.3 Å². The van der Waals surface area contributed by atoms with Crippen molar-refractivity contribution >= 4 is 31.1 Å². The number of nitrogens with zero attached hydrogens (tertiary/aromatic N) is 1. The van der Waals surface area contributed by atoms with Gasteiger partial charge in [-0.05, 0) is 57.2 Å². The summed E-state index contributed by atoms with van der Waals surface area (Å²) in [6.45, 7) is 7.57. The molecule has 3 aromatic carbocycles. The molecule has 29 heavy (non-hydrogen) atoms. The summed E-state index contributed by atoms with van der Waals surface area (Å²) in [6, 6.07) is 29.1. The van der Waals surface area contributed by atoms with Crippen molar-refractivity contribution in [1.82, 2.24) is 0 Å². The molecular formula is C24H29NO3Si. The quantitative estimate of drug-likeness (QED) is 0.420. The highest BCUT2D eigenvalue weighted by Gasteiger charge is 2.43. The molecular weight excluding hydrogens is 378 g/mol. The first-order chi connectivity index (χ1) is 14.2. The number of hydrogen-bond acceptors (Lipinski definition) is 4. The maximum absolute atomic E-state index is 6.05. The maximum Gasteiger partial charge on any atom is 0.537 e. The van der Waals surface area contributed by atoms with E-state index in [0.717, 1.165) is 22.2 Å². The van der Waals surface area contributed by atoms with E-state index >= 15 is 0 Å². The van der Waals surface area contributed by atoms with Crippen LogP contribution < -0.4 is 10.1 Å². The number of anilines is 3. The second kappa shape index (κ2) is 10.4. The summed E-state index contributed by atoms with van der Waals surface area (Å²) in [5, 5.41) is 0.980. The van der Waals surface area contributed by atoms with Crippen molar-refractivity contribution in [3.63, 3.8) is 0 Å². The summed E-state index contributed by atoms with van der Waals surface area (Å²) in [5.74, 6) is 0. The summed E-state index contributed by atoms with van der Waals surface area (Å²) >= 11 is 0. The molecule has 0 aliphatic carbocycles. The molecule has 0 saturated carbocycles. The fourth-order valence-corrected chi connectivity index (χ4v) is 5.83.